The van der Waals surface area contributed by atoms with Crippen molar-refractivity contribution in [1.29, 1.82) is 0 Å². The lowest BCUT2D eigenvalue weighted by Crippen LogP contribution is -2.17. The summed E-state index contributed by atoms with van der Waals surface area (Å²) in [5, 5.41) is 2.83. The minimum Gasteiger partial charge on any atom is -0.485 e. The van der Waals surface area contributed by atoms with Crippen LogP contribution in [0, 0.1) is 0 Å². The molecule has 28 heavy (non-hydrogen) atoms. The van der Waals surface area contributed by atoms with Crippen LogP contribution in [0.2, 0.25) is 0 Å². The van der Waals surface area contributed by atoms with Crippen LogP contribution in [0.15, 0.2) is 81.7 Å². The summed E-state index contributed by atoms with van der Waals surface area (Å²) in [6.07, 6.45) is 0.278. The Balaban J connectivity index is 1.63. The second-order valence-corrected chi connectivity index (χ2v) is 7.92. The highest BCUT2D eigenvalue weighted by Gasteiger charge is 2.14. The quantitative estimate of drug-likeness (QED) is 0.454. The molecule has 0 aliphatic heterocycles. The van der Waals surface area contributed by atoms with Gasteiger partial charge < -0.3 is 10.1 Å². The highest BCUT2D eigenvalue weighted by Crippen LogP contribution is 2.21. The van der Waals surface area contributed by atoms with Crippen LogP contribution in [-0.4, -0.2) is 18.3 Å². The van der Waals surface area contributed by atoms with E-state index in [1.54, 1.807) is 36.4 Å². The van der Waals surface area contributed by atoms with Gasteiger partial charge in [-0.25, -0.2) is 0 Å². The summed E-state index contributed by atoms with van der Waals surface area (Å²) in [7, 11) is 0. The van der Waals surface area contributed by atoms with E-state index < -0.39 is 0 Å². The summed E-state index contributed by atoms with van der Waals surface area (Å²) in [5.41, 5.74) is 1.97. The number of halogens is 2. The second kappa shape index (κ2) is 9.66. The van der Waals surface area contributed by atoms with Crippen molar-refractivity contribution in [2.45, 2.75) is 6.42 Å². The Morgan fingerprint density at radius 2 is 1.43 bits per heavy atom. The molecule has 0 unspecified atom stereocenters. The topological polar surface area (TPSA) is 55.4 Å². The maximum atomic E-state index is 12.6. The largest absolute Gasteiger partial charge is 0.485 e. The Morgan fingerprint density at radius 1 is 0.821 bits per heavy atom. The molecular formula is C22H17Br2NO3. The van der Waals surface area contributed by atoms with Crippen LogP contribution >= 0.6 is 31.9 Å². The van der Waals surface area contributed by atoms with Gasteiger partial charge in [0, 0.05) is 21.1 Å². The Bertz CT molecular complexity index is 970. The molecule has 0 bridgehead atoms. The fourth-order valence-electron chi connectivity index (χ4n) is 2.55. The molecule has 3 aromatic rings. The molecule has 0 aliphatic rings. The summed E-state index contributed by atoms with van der Waals surface area (Å²) in [4.78, 5) is 24.8. The predicted molar refractivity (Wildman–Crippen MR) is 117 cm³/mol. The Hall–Kier alpha value is -2.44. The highest BCUT2D eigenvalue weighted by atomic mass is 79.9. The van der Waals surface area contributed by atoms with Crippen LogP contribution < -0.4 is 10.1 Å². The third-order valence-electron chi connectivity index (χ3n) is 3.94. The van der Waals surface area contributed by atoms with Gasteiger partial charge in [-0.1, -0.05) is 56.1 Å². The number of nitrogens with one attached hydrogen (secondary N) is 1. The molecule has 1 amide bonds. The SMILES string of the molecule is O=C(COc1ccccc1C(=O)Nc1ccc(Br)cc1)Cc1ccc(Br)cc1. The average molecular weight is 503 g/mol. The number of benzene rings is 3. The zero-order valence-electron chi connectivity index (χ0n) is 14.8. The molecule has 142 valence electrons. The van der Waals surface area contributed by atoms with Gasteiger partial charge in [0.05, 0.1) is 5.56 Å². The average Bonchev–Trinajstić information content (AvgIpc) is 2.70. The van der Waals surface area contributed by atoms with Crippen molar-refractivity contribution in [3.05, 3.63) is 92.9 Å². The second-order valence-electron chi connectivity index (χ2n) is 6.09. The van der Waals surface area contributed by atoms with Gasteiger partial charge in [-0.15, -0.1) is 0 Å². The number of rotatable bonds is 7. The maximum absolute atomic E-state index is 12.6. The summed E-state index contributed by atoms with van der Waals surface area (Å²) < 4.78 is 7.54. The highest BCUT2D eigenvalue weighted by molar-refractivity contribution is 9.10. The standard InChI is InChI=1S/C22H17Br2NO3/c23-16-7-5-15(6-8-16)13-19(26)14-28-21-4-2-1-3-20(21)22(27)25-18-11-9-17(24)10-12-18/h1-12H,13-14H2,(H,25,27). The number of Topliss-reactive ketones (excluding diaryl/α,β-unsaturated/α-hetero) is 1. The smallest absolute Gasteiger partial charge is 0.259 e. The van der Waals surface area contributed by atoms with Crippen molar-refractivity contribution in [3.8, 4) is 5.75 Å². The number of para-hydroxylation sites is 1. The first-order chi connectivity index (χ1) is 13.5. The van der Waals surface area contributed by atoms with E-state index >= 15 is 0 Å². The molecule has 0 radical (unpaired) electrons. The molecule has 6 heteroatoms. The van der Waals surface area contributed by atoms with Gasteiger partial charge in [0.2, 0.25) is 0 Å². The minimum absolute atomic E-state index is 0.0644. The van der Waals surface area contributed by atoms with E-state index in [4.69, 9.17) is 4.74 Å². The van der Waals surface area contributed by atoms with E-state index in [2.05, 4.69) is 37.2 Å². The number of ketones is 1. The van der Waals surface area contributed by atoms with Crippen molar-refractivity contribution in [1.82, 2.24) is 0 Å². The fourth-order valence-corrected chi connectivity index (χ4v) is 3.08. The number of hydrogen-bond donors (Lipinski definition) is 1. The van der Waals surface area contributed by atoms with E-state index in [1.165, 1.54) is 0 Å². The molecular weight excluding hydrogens is 486 g/mol. The van der Waals surface area contributed by atoms with E-state index in [9.17, 15) is 9.59 Å². The lowest BCUT2D eigenvalue weighted by atomic mass is 10.1. The van der Waals surface area contributed by atoms with Gasteiger partial charge in [0.25, 0.3) is 5.91 Å². The number of carbonyl (C=O) groups excluding carboxylic acids is 2. The summed E-state index contributed by atoms with van der Waals surface area (Å²) in [5.74, 6) is 0.0185. The molecule has 3 rings (SSSR count). The lowest BCUT2D eigenvalue weighted by molar-refractivity contribution is -0.120. The molecule has 0 spiro atoms. The molecule has 1 N–H and O–H groups in total. The van der Waals surface area contributed by atoms with Crippen molar-refractivity contribution < 1.29 is 14.3 Å². The number of carbonyl (C=O) groups is 2. The first-order valence-electron chi connectivity index (χ1n) is 8.56. The summed E-state index contributed by atoms with van der Waals surface area (Å²) >= 11 is 6.73. The van der Waals surface area contributed by atoms with Crippen LogP contribution in [-0.2, 0) is 11.2 Å². The van der Waals surface area contributed by atoms with Gasteiger partial charge in [0.15, 0.2) is 5.78 Å². The molecule has 4 nitrogen and oxygen atoms in total. The number of ether oxygens (including phenoxy) is 1. The summed E-state index contributed by atoms with van der Waals surface area (Å²) in [6.45, 7) is -0.0986. The van der Waals surface area contributed by atoms with Gasteiger partial charge in [-0.05, 0) is 54.1 Å². The minimum atomic E-state index is -0.293. The van der Waals surface area contributed by atoms with Crippen molar-refractivity contribution in [3.63, 3.8) is 0 Å². The summed E-state index contributed by atoms with van der Waals surface area (Å²) in [6, 6.07) is 21.7. The van der Waals surface area contributed by atoms with Crippen LogP contribution in [0.25, 0.3) is 0 Å². The van der Waals surface area contributed by atoms with Gasteiger partial charge in [-0.3, -0.25) is 9.59 Å². The number of amides is 1. The van der Waals surface area contributed by atoms with Crippen molar-refractivity contribution in [2.75, 3.05) is 11.9 Å². The maximum Gasteiger partial charge on any atom is 0.259 e. The van der Waals surface area contributed by atoms with Crippen LogP contribution in [0.5, 0.6) is 5.75 Å². The van der Waals surface area contributed by atoms with Crippen molar-refractivity contribution in [2.24, 2.45) is 0 Å². The van der Waals surface area contributed by atoms with E-state index in [1.807, 2.05) is 36.4 Å². The molecule has 0 aliphatic carbocycles. The van der Waals surface area contributed by atoms with Crippen LogP contribution in [0.3, 0.4) is 0 Å². The normalized spacial score (nSPS) is 10.4. The van der Waals surface area contributed by atoms with Gasteiger partial charge in [0.1, 0.15) is 12.4 Å². The van der Waals surface area contributed by atoms with E-state index in [0.29, 0.717) is 17.0 Å². The lowest BCUT2D eigenvalue weighted by Gasteiger charge is -2.11. The third kappa shape index (κ3) is 5.78. The van der Waals surface area contributed by atoms with E-state index in [-0.39, 0.29) is 24.7 Å². The van der Waals surface area contributed by atoms with E-state index in [0.717, 1.165) is 14.5 Å². The number of anilines is 1. The molecule has 0 saturated carbocycles. The third-order valence-corrected chi connectivity index (χ3v) is 4.99. The van der Waals surface area contributed by atoms with Crippen LogP contribution in [0.4, 0.5) is 5.69 Å². The van der Waals surface area contributed by atoms with Gasteiger partial charge >= 0.3 is 0 Å². The fraction of sp³-hybridized carbons (Fsp3) is 0.0909. The Morgan fingerprint density at radius 3 is 2.11 bits per heavy atom. The first kappa shape index (κ1) is 20.3. The molecule has 0 atom stereocenters. The zero-order chi connectivity index (χ0) is 19.9. The monoisotopic (exact) mass is 501 g/mol. The van der Waals surface area contributed by atoms with Crippen molar-refractivity contribution >= 4 is 49.2 Å². The molecule has 0 saturated heterocycles. The zero-order valence-corrected chi connectivity index (χ0v) is 18.0. The first-order valence-corrected chi connectivity index (χ1v) is 10.1. The molecule has 3 aromatic carbocycles. The number of hydrogen-bond acceptors (Lipinski definition) is 3. The predicted octanol–water partition coefficient (Wildman–Crippen LogP) is 5.65. The van der Waals surface area contributed by atoms with Gasteiger partial charge in [-0.2, -0.15) is 0 Å². The molecule has 0 aromatic heterocycles. The Labute approximate surface area is 180 Å². The molecule has 0 fully saturated rings. The molecule has 0 heterocycles. The van der Waals surface area contributed by atoms with Crippen LogP contribution in [0.1, 0.15) is 15.9 Å². The Kier molecular flexibility index (Phi) is 7.01.